The minimum Gasteiger partial charge on any atom is -0.454 e. The standard InChI is InChI=1S/C22H22BrN5O3.C22H23N5O3.C16H20O5.C13H17N5O5.C13H15N5O4.C8H6BrN5.2CH4/c1-5-14-11(2)17(31-22(29)13-9-7-6-8-10-13)21(30-14)28-18(23)16(25-4)15-19(24)26-12(3)27-20(15)28;1-5-16-12(2)18(30-22(28)14-9-7-6-8-10-14)21(29-16)27-11-15(24-4)17-19(23)25-13(3)26-20(17)27;1-4-13-10(2)14(16(20-13)19-11(3)17)21-15(18)12-8-6-5-7-9-12;1-4-16-10(14)7-5(11(15)22)2-18(12(7)17-4)13-9(21)8(20)6(3-19)23-13;1-5-16-11(14)8-6(15-2)3-18(12(8)17-5)13-10(21)9(20)7(4-19)22-13;1-3-12-7(11)5-4(2-10)6(9)14-8(5)13-3;;/h6-11,14,17,21H,5H2,1-3H3,(H2,24,26,27);6-12,16,18,21H,5H2,1-3H3,(H2,23,25,26);5-10,13-14,16H,4H2,1-3H3;2,6,8-9,13,19-21H,3H2,1H3,(H2,15,22)(H2,14,16,17);3,7,9-10,13,19-21H,4H2,1H3,(H2,14,16,17);1H3,(H3,11,12,13,14);2*1H4/t11-,14-,17-,21-;12-,16-,18-,21-;10-,13-,14-,16?;6-,8-,9-,13-;7-,9-,10-,13-;;;/m11111.../s1. The number of fused-ring (bicyclic) bond motifs is 5. The molecule has 1 amide bonds. The van der Waals surface area contributed by atoms with E-state index in [0.29, 0.717) is 122 Å². The van der Waals surface area contributed by atoms with Gasteiger partial charge in [0.15, 0.2) is 43.2 Å². The lowest BCUT2D eigenvalue weighted by Crippen LogP contribution is -2.34. The second-order valence-corrected chi connectivity index (χ2v) is 35.0. The van der Waals surface area contributed by atoms with Gasteiger partial charge in [-0.25, -0.2) is 78.8 Å². The van der Waals surface area contributed by atoms with Crippen LogP contribution in [0.4, 0.5) is 46.2 Å². The first kappa shape index (κ1) is 109. The molecule has 15 heterocycles. The Bertz CT molecular complexity index is 7020. The van der Waals surface area contributed by atoms with Gasteiger partial charge in [0.25, 0.3) is 5.91 Å². The van der Waals surface area contributed by atoms with Gasteiger partial charge in [-0.2, -0.15) is 5.26 Å². The molecular formula is C96H111Br2N25O20. The van der Waals surface area contributed by atoms with E-state index in [9.17, 15) is 54.6 Å². The average Bonchev–Trinajstić information content (AvgIpc) is 1.58. The van der Waals surface area contributed by atoms with Crippen LogP contribution >= 0.6 is 31.9 Å². The largest absolute Gasteiger partial charge is 0.454 e. The number of aromatic nitrogens is 15. The van der Waals surface area contributed by atoms with Gasteiger partial charge in [0.05, 0.1) is 111 Å². The molecule has 5 aliphatic rings. The topological polar surface area (TPSA) is 647 Å². The molecule has 0 aliphatic carbocycles. The maximum absolute atomic E-state index is 12.8. The number of aryl methyl sites for hydroxylation is 5. The van der Waals surface area contributed by atoms with Gasteiger partial charge in [-0.05, 0) is 122 Å². The number of nitriles is 1. The van der Waals surface area contributed by atoms with Crippen LogP contribution in [0, 0.1) is 83.4 Å². The van der Waals surface area contributed by atoms with Crippen molar-refractivity contribution in [3.8, 4) is 6.07 Å². The maximum atomic E-state index is 12.8. The summed E-state index contributed by atoms with van der Waals surface area (Å²) < 4.78 is 59.1. The van der Waals surface area contributed by atoms with Gasteiger partial charge in [0, 0.05) is 43.3 Å². The number of nitrogens with one attached hydrogen (secondary N) is 1. The van der Waals surface area contributed by atoms with Crippen LogP contribution in [0.1, 0.15) is 184 Å². The molecule has 13 aromatic rings. The third-order valence-electron chi connectivity index (χ3n) is 24.2. The SMILES string of the molecule is C.C.CC[C@H]1OC(OC(C)=O)[C@H](OC(=O)c2ccccc2)[C@@H]1C.Cc1nc(N)c2c(C#N)c(Br)[nH]c2n1.Cc1nc(N)c2c(C(N)=O)cn([C@@H]3O[C@H](CO)[C@@H](O)[C@H]3O)c2n1.[C-]#[N+]c1c(Br)n([C@@H]2O[C@H](CC)[C@@H](C)[C@H]2OC(=O)c2ccccc2)c2nc(C)nc(N)c12.[C-]#[N+]c1cn([C@@H]2O[C@H](CC)[C@@H](C)[C@H]2OC(=O)c2ccccc2)c2nc(C)nc(N)c12.[C-]#[N+]c1cn([C@@H]2O[C@H](CO)[C@@H](O)[C@H]2O)c2nc(C)nc(N)c12. The van der Waals surface area contributed by atoms with Crippen molar-refractivity contribution < 1.29 is 97.2 Å². The summed E-state index contributed by atoms with van der Waals surface area (Å²) in [7, 11) is 0. The molecule has 0 radical (unpaired) electrons. The van der Waals surface area contributed by atoms with Crippen molar-refractivity contribution in [2.75, 3.05) is 41.9 Å². The Hall–Kier alpha value is -14.4. The number of anilines is 5. The summed E-state index contributed by atoms with van der Waals surface area (Å²) in [5.74, 6) is 0.746. The smallest absolute Gasteiger partial charge is 0.338 e. The van der Waals surface area contributed by atoms with E-state index in [1.165, 1.54) is 28.5 Å². The number of halogens is 2. The number of carbonyl (C=O) groups is 5. The van der Waals surface area contributed by atoms with Crippen LogP contribution in [0.5, 0.6) is 0 Å². The van der Waals surface area contributed by atoms with Crippen molar-refractivity contribution in [3.63, 3.8) is 0 Å². The summed E-state index contributed by atoms with van der Waals surface area (Å²) in [6.07, 6.45) is -6.43. The quantitative estimate of drug-likeness (QED) is 0.0229. The predicted molar refractivity (Wildman–Crippen MR) is 530 cm³/mol. The molecule has 5 saturated heterocycles. The Morgan fingerprint density at radius 3 is 1.20 bits per heavy atom. The highest BCUT2D eigenvalue weighted by atomic mass is 79.9. The number of carbonyl (C=O) groups excluding carboxylic acids is 5. The summed E-state index contributed by atoms with van der Waals surface area (Å²) in [5.41, 5.74) is 39.9. The number of ether oxygens (including phenoxy) is 9. The molecule has 1 unspecified atom stereocenters. The van der Waals surface area contributed by atoms with E-state index in [1.54, 1.807) is 123 Å². The number of benzene rings is 3. The van der Waals surface area contributed by atoms with Crippen LogP contribution in [0.25, 0.3) is 69.7 Å². The fourth-order valence-electron chi connectivity index (χ4n) is 17.3. The van der Waals surface area contributed by atoms with E-state index >= 15 is 0 Å². The van der Waals surface area contributed by atoms with Crippen LogP contribution in [-0.4, -0.2) is 226 Å². The van der Waals surface area contributed by atoms with Gasteiger partial charge in [-0.1, -0.05) is 111 Å². The van der Waals surface area contributed by atoms with Crippen molar-refractivity contribution in [1.82, 2.24) is 73.1 Å². The number of rotatable bonds is 17. The highest BCUT2D eigenvalue weighted by Gasteiger charge is 2.51. The zero-order valence-electron chi connectivity index (χ0n) is 78.1. The number of nitrogen functional groups attached to an aromatic ring is 5. The van der Waals surface area contributed by atoms with E-state index in [1.807, 2.05) is 65.8 Å². The monoisotopic (exact) mass is 2090 g/mol. The Morgan fingerprint density at radius 2 is 0.811 bits per heavy atom. The van der Waals surface area contributed by atoms with Crippen molar-refractivity contribution >= 4 is 163 Å². The van der Waals surface area contributed by atoms with Gasteiger partial charge < -0.3 is 126 Å². The molecular weight excluding hydrogens is 1980 g/mol. The summed E-state index contributed by atoms with van der Waals surface area (Å²) in [5, 5.41) is 69.4. The molecule has 0 bridgehead atoms. The predicted octanol–water partition coefficient (Wildman–Crippen LogP) is 11.7. The molecule has 754 valence electrons. The van der Waals surface area contributed by atoms with Gasteiger partial charge in [0.1, 0.15) is 134 Å². The van der Waals surface area contributed by atoms with Crippen LogP contribution in [0.3, 0.4) is 0 Å². The van der Waals surface area contributed by atoms with Gasteiger partial charge in [0.2, 0.25) is 23.4 Å². The molecule has 5 aliphatic heterocycles. The first-order valence-corrected chi connectivity index (χ1v) is 46.0. The fourth-order valence-corrected chi connectivity index (χ4v) is 18.5. The number of primary amides is 1. The Labute approximate surface area is 836 Å². The highest BCUT2D eigenvalue weighted by molar-refractivity contribution is 9.10. The number of hydrogen-bond acceptors (Lipinski definition) is 36. The molecule has 10 aromatic heterocycles. The van der Waals surface area contributed by atoms with Gasteiger partial charge in [-0.15, -0.1) is 0 Å². The van der Waals surface area contributed by atoms with Crippen molar-refractivity contribution in [3.05, 3.63) is 210 Å². The van der Waals surface area contributed by atoms with Crippen molar-refractivity contribution in [2.45, 2.75) is 222 Å². The van der Waals surface area contributed by atoms with Crippen molar-refractivity contribution in [1.29, 1.82) is 5.26 Å². The number of aromatic amines is 1. The van der Waals surface area contributed by atoms with Crippen LogP contribution in [0.2, 0.25) is 0 Å². The molecule has 20 atom stereocenters. The molecule has 18 rings (SSSR count). The first-order valence-electron chi connectivity index (χ1n) is 44.4. The van der Waals surface area contributed by atoms with E-state index in [2.05, 4.69) is 101 Å². The lowest BCUT2D eigenvalue weighted by Gasteiger charge is -2.24. The Balaban J connectivity index is 0.000000166. The first-order chi connectivity index (χ1) is 67.3. The average molecular weight is 2090 g/mol. The van der Waals surface area contributed by atoms with Gasteiger partial charge >= 0.3 is 23.9 Å². The summed E-state index contributed by atoms with van der Waals surface area (Å²) in [6, 6.07) is 28.5. The molecule has 0 saturated carbocycles. The Kier molecular flexibility index (Phi) is 35.5. The molecule has 5 fully saturated rings. The lowest BCUT2D eigenvalue weighted by molar-refractivity contribution is -0.186. The van der Waals surface area contributed by atoms with Crippen LogP contribution in [-0.2, 0) is 47.4 Å². The van der Waals surface area contributed by atoms with E-state index < -0.39 is 129 Å². The number of H-pyrrole nitrogens is 1. The zero-order valence-corrected chi connectivity index (χ0v) is 81.3. The summed E-state index contributed by atoms with van der Waals surface area (Å²) >= 11 is 6.76. The summed E-state index contributed by atoms with van der Waals surface area (Å²) in [4.78, 5) is 116. The molecule has 45 nitrogen and oxygen atoms in total. The zero-order chi connectivity index (χ0) is 102. The van der Waals surface area contributed by atoms with Crippen LogP contribution < -0.4 is 34.4 Å². The lowest BCUT2D eigenvalue weighted by atomic mass is 9.98. The summed E-state index contributed by atoms with van der Waals surface area (Å²) in [6.45, 7) is 43.3. The Morgan fingerprint density at radius 1 is 0.462 bits per heavy atom. The van der Waals surface area contributed by atoms with E-state index in [4.69, 9.17) is 102 Å². The number of hydrogen-bond donors (Lipinski definition) is 13. The van der Waals surface area contributed by atoms with Crippen LogP contribution in [0.15, 0.2) is 119 Å². The number of nitrogens with two attached hydrogens (primary N) is 6. The normalized spacial score (nSPS) is 23.8. The molecule has 19 N–H and O–H groups in total. The number of aliphatic hydroxyl groups is 6. The third-order valence-corrected chi connectivity index (χ3v) is 25.6. The fraction of sp³-hybridized carbons (Fsp3) is 0.406. The maximum Gasteiger partial charge on any atom is 0.338 e. The van der Waals surface area contributed by atoms with E-state index in [0.717, 1.165) is 19.3 Å². The number of amides is 1. The molecule has 3 aromatic carbocycles. The molecule has 0 spiro atoms. The minimum absolute atomic E-state index is 0. The number of aliphatic hydroxyl groups excluding tert-OH is 6. The third kappa shape index (κ3) is 22.4. The minimum atomic E-state index is -1.32. The highest BCUT2D eigenvalue weighted by Crippen LogP contribution is 2.49. The second-order valence-electron chi connectivity index (χ2n) is 33.5. The molecule has 47 heteroatoms. The van der Waals surface area contributed by atoms with E-state index in [-0.39, 0.29) is 96.5 Å². The number of nitrogens with zero attached hydrogens (tertiary/aromatic N) is 18. The van der Waals surface area contributed by atoms with Gasteiger partial charge in [-0.3, -0.25) is 14.2 Å². The molecule has 143 heavy (non-hydrogen) atoms. The van der Waals surface area contributed by atoms with Crippen molar-refractivity contribution in [2.24, 2.45) is 23.5 Å². The second kappa shape index (κ2) is 46.5. The number of esters is 4.